The number of piperidine rings is 1. The van der Waals surface area contributed by atoms with E-state index in [2.05, 4.69) is 40.5 Å². The number of rotatable bonds is 5. The molecule has 1 heterocycles. The molecule has 0 radical (unpaired) electrons. The van der Waals surface area contributed by atoms with E-state index in [-0.39, 0.29) is 17.4 Å². The van der Waals surface area contributed by atoms with E-state index in [1.165, 1.54) is 5.56 Å². The second kappa shape index (κ2) is 7.42. The van der Waals surface area contributed by atoms with E-state index in [9.17, 15) is 4.79 Å². The van der Waals surface area contributed by atoms with Gasteiger partial charge in [0.05, 0.1) is 5.41 Å². The monoisotopic (exact) mass is 368 g/mol. The molecule has 0 bridgehead atoms. The summed E-state index contributed by atoms with van der Waals surface area (Å²) in [5.74, 6) is 0.182. The number of benzene rings is 2. The molecule has 1 amide bonds. The Morgan fingerprint density at radius 2 is 1.81 bits per heavy atom. The molecule has 1 saturated carbocycles. The summed E-state index contributed by atoms with van der Waals surface area (Å²) in [4.78, 5) is 15.4. The van der Waals surface area contributed by atoms with Gasteiger partial charge in [-0.25, -0.2) is 0 Å². The Morgan fingerprint density at radius 3 is 2.46 bits per heavy atom. The Balaban J connectivity index is 1.31. The third-order valence-corrected chi connectivity index (χ3v) is 5.97. The molecule has 2 aromatic rings. The summed E-state index contributed by atoms with van der Waals surface area (Å²) >= 11 is 6.12. The summed E-state index contributed by atoms with van der Waals surface area (Å²) in [5, 5.41) is 4.02. The molecular formula is C22H25ClN2O. The van der Waals surface area contributed by atoms with Gasteiger partial charge in [0, 0.05) is 30.7 Å². The molecule has 4 rings (SSSR count). The maximum Gasteiger partial charge on any atom is 0.230 e. The molecule has 136 valence electrons. The zero-order valence-corrected chi connectivity index (χ0v) is 15.7. The summed E-state index contributed by atoms with van der Waals surface area (Å²) < 4.78 is 0. The molecule has 2 fully saturated rings. The van der Waals surface area contributed by atoms with Crippen LogP contribution in [0.25, 0.3) is 0 Å². The van der Waals surface area contributed by atoms with Crippen molar-refractivity contribution in [2.24, 2.45) is 0 Å². The average Bonchev–Trinajstić information content (AvgIpc) is 3.46. The van der Waals surface area contributed by atoms with Gasteiger partial charge in [0.2, 0.25) is 5.91 Å². The summed E-state index contributed by atoms with van der Waals surface area (Å²) in [5.41, 5.74) is 2.07. The second-order valence-electron chi connectivity index (χ2n) is 7.60. The molecule has 26 heavy (non-hydrogen) atoms. The molecule has 0 spiro atoms. The van der Waals surface area contributed by atoms with Crippen LogP contribution >= 0.6 is 11.6 Å². The van der Waals surface area contributed by atoms with Gasteiger partial charge in [-0.3, -0.25) is 9.69 Å². The molecule has 4 heteroatoms. The van der Waals surface area contributed by atoms with Crippen LogP contribution in [0.5, 0.6) is 0 Å². The number of carbonyl (C=O) groups is 1. The SMILES string of the molecule is O=C(NC1CCN(Cc2ccccc2)CC1)C1(c2cccc(Cl)c2)CC1. The molecule has 2 aliphatic rings. The second-order valence-corrected chi connectivity index (χ2v) is 8.04. The van der Waals surface area contributed by atoms with Gasteiger partial charge in [0.1, 0.15) is 0 Å². The smallest absolute Gasteiger partial charge is 0.230 e. The van der Waals surface area contributed by atoms with Crippen LogP contribution in [-0.4, -0.2) is 29.9 Å². The number of nitrogens with one attached hydrogen (secondary N) is 1. The van der Waals surface area contributed by atoms with E-state index in [0.717, 1.165) is 50.9 Å². The number of amides is 1. The van der Waals surface area contributed by atoms with Gasteiger partial charge in [0.15, 0.2) is 0 Å². The van der Waals surface area contributed by atoms with Crippen molar-refractivity contribution in [1.29, 1.82) is 0 Å². The van der Waals surface area contributed by atoms with Gasteiger partial charge in [-0.1, -0.05) is 54.1 Å². The lowest BCUT2D eigenvalue weighted by molar-refractivity contribution is -0.124. The fraction of sp³-hybridized carbons (Fsp3) is 0.409. The first kappa shape index (κ1) is 17.6. The van der Waals surface area contributed by atoms with Crippen molar-refractivity contribution in [1.82, 2.24) is 10.2 Å². The highest BCUT2D eigenvalue weighted by Gasteiger charge is 2.51. The first-order chi connectivity index (χ1) is 12.7. The van der Waals surface area contributed by atoms with Gasteiger partial charge < -0.3 is 5.32 Å². The number of carbonyl (C=O) groups excluding carboxylic acids is 1. The molecule has 1 N–H and O–H groups in total. The fourth-order valence-corrected chi connectivity index (χ4v) is 4.15. The molecule has 3 nitrogen and oxygen atoms in total. The largest absolute Gasteiger partial charge is 0.353 e. The Hall–Kier alpha value is -1.84. The molecule has 0 atom stereocenters. The maximum atomic E-state index is 12.9. The predicted molar refractivity (Wildman–Crippen MR) is 105 cm³/mol. The summed E-state index contributed by atoms with van der Waals surface area (Å²) in [6.07, 6.45) is 3.88. The van der Waals surface area contributed by atoms with Crippen molar-refractivity contribution in [2.75, 3.05) is 13.1 Å². The average molecular weight is 369 g/mol. The van der Waals surface area contributed by atoms with Crippen LogP contribution in [0, 0.1) is 0 Å². The summed E-state index contributed by atoms with van der Waals surface area (Å²) in [6.45, 7) is 3.06. The Kier molecular flexibility index (Phi) is 5.01. The maximum absolute atomic E-state index is 12.9. The third-order valence-electron chi connectivity index (χ3n) is 5.73. The summed E-state index contributed by atoms with van der Waals surface area (Å²) in [6, 6.07) is 18.6. The van der Waals surface area contributed by atoms with E-state index < -0.39 is 0 Å². The zero-order chi connectivity index (χ0) is 18.0. The van der Waals surface area contributed by atoms with Gasteiger partial charge >= 0.3 is 0 Å². The van der Waals surface area contributed by atoms with Crippen LogP contribution in [0.15, 0.2) is 54.6 Å². The lowest BCUT2D eigenvalue weighted by Crippen LogP contribution is -2.47. The van der Waals surface area contributed by atoms with Crippen molar-refractivity contribution in [3.05, 3.63) is 70.7 Å². The normalized spacial score (nSPS) is 19.9. The van der Waals surface area contributed by atoms with Crippen molar-refractivity contribution >= 4 is 17.5 Å². The van der Waals surface area contributed by atoms with Crippen LogP contribution in [0.2, 0.25) is 5.02 Å². The van der Waals surface area contributed by atoms with E-state index in [0.29, 0.717) is 5.02 Å². The van der Waals surface area contributed by atoms with Crippen molar-refractivity contribution in [3.63, 3.8) is 0 Å². The first-order valence-corrected chi connectivity index (χ1v) is 9.87. The van der Waals surface area contributed by atoms with Gasteiger partial charge in [0.25, 0.3) is 0 Å². The molecule has 1 saturated heterocycles. The molecule has 1 aliphatic carbocycles. The third kappa shape index (κ3) is 3.79. The standard InChI is InChI=1S/C22H25ClN2O/c23-19-8-4-7-18(15-19)22(11-12-22)21(26)24-20-9-13-25(14-10-20)16-17-5-2-1-3-6-17/h1-8,15,20H,9-14,16H2,(H,24,26). The van der Waals surface area contributed by atoms with E-state index in [4.69, 9.17) is 11.6 Å². The van der Waals surface area contributed by atoms with E-state index in [1.807, 2.05) is 24.3 Å². The molecule has 2 aromatic carbocycles. The number of nitrogens with zero attached hydrogens (tertiary/aromatic N) is 1. The highest BCUT2D eigenvalue weighted by molar-refractivity contribution is 6.30. The van der Waals surface area contributed by atoms with Crippen molar-refractivity contribution < 1.29 is 4.79 Å². The predicted octanol–water partition coefficient (Wildman–Crippen LogP) is 4.15. The van der Waals surface area contributed by atoms with Crippen LogP contribution in [0.1, 0.15) is 36.8 Å². The molecule has 0 unspecified atom stereocenters. The Labute approximate surface area is 160 Å². The van der Waals surface area contributed by atoms with Crippen molar-refractivity contribution in [2.45, 2.75) is 43.7 Å². The number of halogens is 1. The molecule has 0 aromatic heterocycles. The van der Waals surface area contributed by atoms with Gasteiger partial charge in [-0.15, -0.1) is 0 Å². The number of hydrogen-bond donors (Lipinski definition) is 1. The minimum atomic E-state index is -0.341. The molecular weight excluding hydrogens is 344 g/mol. The quantitative estimate of drug-likeness (QED) is 0.859. The van der Waals surface area contributed by atoms with E-state index in [1.54, 1.807) is 0 Å². The summed E-state index contributed by atoms with van der Waals surface area (Å²) in [7, 11) is 0. The lowest BCUT2D eigenvalue weighted by atomic mass is 9.94. The Bertz CT molecular complexity index is 765. The van der Waals surface area contributed by atoms with E-state index >= 15 is 0 Å². The zero-order valence-electron chi connectivity index (χ0n) is 15.0. The highest BCUT2D eigenvalue weighted by atomic mass is 35.5. The highest BCUT2D eigenvalue weighted by Crippen LogP contribution is 2.49. The first-order valence-electron chi connectivity index (χ1n) is 9.49. The van der Waals surface area contributed by atoms with Crippen molar-refractivity contribution in [3.8, 4) is 0 Å². The van der Waals surface area contributed by atoms with Crippen LogP contribution in [0.4, 0.5) is 0 Å². The fourth-order valence-electron chi connectivity index (χ4n) is 3.96. The minimum absolute atomic E-state index is 0.182. The lowest BCUT2D eigenvalue weighted by Gasteiger charge is -2.33. The van der Waals surface area contributed by atoms with Gasteiger partial charge in [-0.2, -0.15) is 0 Å². The number of hydrogen-bond acceptors (Lipinski definition) is 2. The molecule has 1 aliphatic heterocycles. The van der Waals surface area contributed by atoms with Crippen LogP contribution < -0.4 is 5.32 Å². The Morgan fingerprint density at radius 1 is 1.08 bits per heavy atom. The van der Waals surface area contributed by atoms with Gasteiger partial charge in [-0.05, 0) is 48.9 Å². The number of likely N-dealkylation sites (tertiary alicyclic amines) is 1. The van der Waals surface area contributed by atoms with Crippen LogP contribution in [-0.2, 0) is 16.8 Å². The topological polar surface area (TPSA) is 32.3 Å². The minimum Gasteiger partial charge on any atom is -0.353 e. The van der Waals surface area contributed by atoms with Crippen LogP contribution in [0.3, 0.4) is 0 Å².